The van der Waals surface area contributed by atoms with Crippen molar-refractivity contribution in [2.24, 2.45) is 0 Å². The van der Waals surface area contributed by atoms with Gasteiger partial charge in [-0.05, 0) is 37.9 Å². The van der Waals surface area contributed by atoms with Crippen molar-refractivity contribution < 1.29 is 9.84 Å². The molecule has 0 amide bonds. The minimum absolute atomic E-state index is 0.296. The summed E-state index contributed by atoms with van der Waals surface area (Å²) < 4.78 is 5.22. The maximum atomic E-state index is 9.79. The van der Waals surface area contributed by atoms with Gasteiger partial charge in [0.2, 0.25) is 0 Å². The third-order valence-corrected chi connectivity index (χ3v) is 3.00. The quantitative estimate of drug-likeness (QED) is 0.761. The van der Waals surface area contributed by atoms with E-state index < -0.39 is 6.10 Å². The molecule has 0 radical (unpaired) electrons. The summed E-state index contributed by atoms with van der Waals surface area (Å²) in [4.78, 5) is 0. The van der Waals surface area contributed by atoms with Gasteiger partial charge in [0, 0.05) is 13.7 Å². The smallest absolute Gasteiger partial charge is 0.0914 e. The summed E-state index contributed by atoms with van der Waals surface area (Å²) in [5.74, 6) is 0. The van der Waals surface area contributed by atoms with Crippen LogP contribution in [0.25, 0.3) is 0 Å². The van der Waals surface area contributed by atoms with Crippen LogP contribution in [0.1, 0.15) is 30.6 Å². The highest BCUT2D eigenvalue weighted by Gasteiger charge is 2.06. The second kappa shape index (κ2) is 7.43. The Balaban J connectivity index is 2.50. The highest BCUT2D eigenvalue weighted by molar-refractivity contribution is 5.24. The van der Waals surface area contributed by atoms with Crippen molar-refractivity contribution >= 4 is 0 Å². The zero-order valence-electron chi connectivity index (χ0n) is 10.9. The zero-order chi connectivity index (χ0) is 12.7. The van der Waals surface area contributed by atoms with E-state index in [1.165, 1.54) is 5.56 Å². The Kier molecular flexibility index (Phi) is 6.19. The minimum Gasteiger partial charge on any atom is -0.387 e. The Morgan fingerprint density at radius 2 is 1.94 bits per heavy atom. The fourth-order valence-corrected chi connectivity index (χ4v) is 1.71. The van der Waals surface area contributed by atoms with E-state index in [0.29, 0.717) is 12.6 Å². The SMILES string of the molecule is CNCC(O)c1ccc(CCC(C)OC)cc1. The predicted molar refractivity (Wildman–Crippen MR) is 70.1 cm³/mol. The van der Waals surface area contributed by atoms with Crippen molar-refractivity contribution in [1.82, 2.24) is 5.32 Å². The second-order valence-electron chi connectivity index (χ2n) is 4.40. The fourth-order valence-electron chi connectivity index (χ4n) is 1.71. The Bertz CT molecular complexity index is 311. The molecular formula is C14H23NO2. The number of nitrogens with one attached hydrogen (secondary N) is 1. The standard InChI is InChI=1S/C14H23NO2/c1-11(17-3)4-5-12-6-8-13(9-7-12)14(16)10-15-2/h6-9,11,14-16H,4-5,10H2,1-3H3. The number of aliphatic hydroxyl groups excluding tert-OH is 1. The Labute approximate surface area is 104 Å². The largest absolute Gasteiger partial charge is 0.387 e. The first-order valence-corrected chi connectivity index (χ1v) is 6.11. The van der Waals surface area contributed by atoms with Crippen LogP contribution in [0.3, 0.4) is 0 Å². The molecule has 0 saturated carbocycles. The van der Waals surface area contributed by atoms with Crippen molar-refractivity contribution in [2.75, 3.05) is 20.7 Å². The molecule has 2 N–H and O–H groups in total. The number of aliphatic hydroxyl groups is 1. The summed E-state index contributed by atoms with van der Waals surface area (Å²) in [6.07, 6.45) is 1.91. The Hall–Kier alpha value is -0.900. The van der Waals surface area contributed by atoms with Gasteiger partial charge in [-0.15, -0.1) is 0 Å². The Morgan fingerprint density at radius 3 is 2.47 bits per heavy atom. The highest BCUT2D eigenvalue weighted by Crippen LogP contribution is 2.14. The van der Waals surface area contributed by atoms with Crippen molar-refractivity contribution in [1.29, 1.82) is 0 Å². The van der Waals surface area contributed by atoms with Gasteiger partial charge >= 0.3 is 0 Å². The van der Waals surface area contributed by atoms with Gasteiger partial charge in [-0.2, -0.15) is 0 Å². The molecule has 0 bridgehead atoms. The molecule has 0 aromatic heterocycles. The van der Waals surface area contributed by atoms with Gasteiger partial charge in [0.1, 0.15) is 0 Å². The fraction of sp³-hybridized carbons (Fsp3) is 0.571. The average Bonchev–Trinajstić information content (AvgIpc) is 2.36. The van der Waals surface area contributed by atoms with Crippen LogP contribution in [0.15, 0.2) is 24.3 Å². The summed E-state index contributed by atoms with van der Waals surface area (Å²) in [6, 6.07) is 8.15. The van der Waals surface area contributed by atoms with Crippen LogP contribution in [-0.2, 0) is 11.2 Å². The molecule has 17 heavy (non-hydrogen) atoms. The molecule has 2 atom stereocenters. The lowest BCUT2D eigenvalue weighted by atomic mass is 10.0. The molecule has 0 fully saturated rings. The van der Waals surface area contributed by atoms with Gasteiger partial charge in [-0.25, -0.2) is 0 Å². The van der Waals surface area contributed by atoms with Crippen molar-refractivity contribution in [3.05, 3.63) is 35.4 Å². The monoisotopic (exact) mass is 237 g/mol. The predicted octanol–water partition coefficient (Wildman–Crippen LogP) is 1.91. The van der Waals surface area contributed by atoms with Gasteiger partial charge in [0.05, 0.1) is 12.2 Å². The normalized spacial score (nSPS) is 14.6. The van der Waals surface area contributed by atoms with E-state index in [1.807, 2.05) is 19.2 Å². The molecule has 3 heteroatoms. The molecule has 1 aromatic rings. The third kappa shape index (κ3) is 4.86. The maximum absolute atomic E-state index is 9.79. The van der Waals surface area contributed by atoms with Gasteiger partial charge in [-0.3, -0.25) is 0 Å². The van der Waals surface area contributed by atoms with Crippen LogP contribution in [-0.4, -0.2) is 31.9 Å². The maximum Gasteiger partial charge on any atom is 0.0914 e. The molecule has 3 nitrogen and oxygen atoms in total. The Morgan fingerprint density at radius 1 is 1.29 bits per heavy atom. The van der Waals surface area contributed by atoms with E-state index in [4.69, 9.17) is 4.74 Å². The molecule has 0 spiro atoms. The topological polar surface area (TPSA) is 41.5 Å². The first-order chi connectivity index (χ1) is 8.17. The second-order valence-corrected chi connectivity index (χ2v) is 4.40. The highest BCUT2D eigenvalue weighted by atomic mass is 16.5. The van der Waals surface area contributed by atoms with Crippen molar-refractivity contribution in [2.45, 2.75) is 32.0 Å². The molecule has 0 heterocycles. The summed E-state index contributed by atoms with van der Waals surface area (Å²) in [5, 5.41) is 12.7. The molecule has 1 rings (SSSR count). The van der Waals surface area contributed by atoms with Crippen LogP contribution in [0, 0.1) is 0 Å². The number of hydrogen-bond donors (Lipinski definition) is 2. The average molecular weight is 237 g/mol. The van der Waals surface area contributed by atoms with Crippen LogP contribution in [0.4, 0.5) is 0 Å². The summed E-state index contributed by atoms with van der Waals surface area (Å²) in [5.41, 5.74) is 2.25. The van der Waals surface area contributed by atoms with E-state index in [-0.39, 0.29) is 0 Å². The van der Waals surface area contributed by atoms with E-state index in [1.54, 1.807) is 7.11 Å². The van der Waals surface area contributed by atoms with Crippen molar-refractivity contribution in [3.63, 3.8) is 0 Å². The number of ether oxygens (including phenoxy) is 1. The number of methoxy groups -OCH3 is 1. The summed E-state index contributed by atoms with van der Waals surface area (Å²) in [6.45, 7) is 2.66. The molecule has 2 unspecified atom stereocenters. The summed E-state index contributed by atoms with van der Waals surface area (Å²) in [7, 11) is 3.57. The molecule has 0 aliphatic heterocycles. The van der Waals surface area contributed by atoms with E-state index in [0.717, 1.165) is 18.4 Å². The van der Waals surface area contributed by atoms with Crippen LogP contribution < -0.4 is 5.32 Å². The van der Waals surface area contributed by atoms with Gasteiger partial charge in [0.25, 0.3) is 0 Å². The lowest BCUT2D eigenvalue weighted by Crippen LogP contribution is -2.16. The molecular weight excluding hydrogens is 214 g/mol. The molecule has 96 valence electrons. The number of aryl methyl sites for hydroxylation is 1. The lowest BCUT2D eigenvalue weighted by molar-refractivity contribution is 0.111. The number of rotatable bonds is 7. The third-order valence-electron chi connectivity index (χ3n) is 3.00. The van der Waals surface area contributed by atoms with Crippen LogP contribution in [0.5, 0.6) is 0 Å². The first kappa shape index (κ1) is 14.2. The van der Waals surface area contributed by atoms with Crippen LogP contribution in [0.2, 0.25) is 0 Å². The lowest BCUT2D eigenvalue weighted by Gasteiger charge is -2.12. The van der Waals surface area contributed by atoms with Gasteiger partial charge in [0.15, 0.2) is 0 Å². The minimum atomic E-state index is -0.424. The number of hydrogen-bond acceptors (Lipinski definition) is 3. The first-order valence-electron chi connectivity index (χ1n) is 6.11. The molecule has 0 aliphatic carbocycles. The van der Waals surface area contributed by atoms with E-state index >= 15 is 0 Å². The number of likely N-dealkylation sites (N-methyl/N-ethyl adjacent to an activating group) is 1. The molecule has 0 aliphatic rings. The van der Waals surface area contributed by atoms with Gasteiger partial charge < -0.3 is 15.2 Å². The van der Waals surface area contributed by atoms with Crippen molar-refractivity contribution in [3.8, 4) is 0 Å². The van der Waals surface area contributed by atoms with Crippen LogP contribution >= 0.6 is 0 Å². The summed E-state index contributed by atoms with van der Waals surface area (Å²) >= 11 is 0. The van der Waals surface area contributed by atoms with E-state index in [2.05, 4.69) is 24.4 Å². The number of benzene rings is 1. The zero-order valence-corrected chi connectivity index (χ0v) is 10.9. The molecule has 0 saturated heterocycles. The van der Waals surface area contributed by atoms with E-state index in [9.17, 15) is 5.11 Å². The van der Waals surface area contributed by atoms with Gasteiger partial charge in [-0.1, -0.05) is 24.3 Å². The molecule has 1 aromatic carbocycles.